The van der Waals surface area contributed by atoms with Gasteiger partial charge in [-0.15, -0.1) is 0 Å². The topological polar surface area (TPSA) is 84.9 Å². The van der Waals surface area contributed by atoms with Gasteiger partial charge in [-0.1, -0.05) is 32.9 Å². The average Bonchev–Trinajstić information content (AvgIpc) is 2.65. The standard InChI is InChI=1S/C22H28N2O5S/c1-14-7-9-18(28-5)16(11-14)23-21(25)20-13-24(30(6,26)27)17-12-15(22(2,3)4)8-10-19(17)29-20/h7-12,20H,13H2,1-6H3,(H,23,25)/t20-/m1/s1. The molecule has 0 radical (unpaired) electrons. The second kappa shape index (κ2) is 7.83. The van der Waals surface area contributed by atoms with E-state index in [-0.39, 0.29) is 12.0 Å². The second-order valence-electron chi connectivity index (χ2n) is 8.53. The van der Waals surface area contributed by atoms with Crippen molar-refractivity contribution in [3.8, 4) is 11.5 Å². The molecule has 1 N–H and O–H groups in total. The molecule has 0 spiro atoms. The summed E-state index contributed by atoms with van der Waals surface area (Å²) in [5.41, 5.74) is 2.72. The van der Waals surface area contributed by atoms with Crippen LogP contribution in [0, 0.1) is 6.92 Å². The lowest BCUT2D eigenvalue weighted by Gasteiger charge is -2.35. The van der Waals surface area contributed by atoms with E-state index in [4.69, 9.17) is 9.47 Å². The molecule has 0 saturated carbocycles. The summed E-state index contributed by atoms with van der Waals surface area (Å²) in [6.07, 6.45) is 0.127. The largest absolute Gasteiger partial charge is 0.495 e. The molecule has 1 amide bonds. The first-order chi connectivity index (χ1) is 13.9. The fraction of sp³-hybridized carbons (Fsp3) is 0.409. The lowest BCUT2D eigenvalue weighted by Crippen LogP contribution is -2.48. The van der Waals surface area contributed by atoms with E-state index in [1.165, 1.54) is 11.4 Å². The zero-order valence-electron chi connectivity index (χ0n) is 18.1. The first kappa shape index (κ1) is 22.0. The molecule has 162 valence electrons. The average molecular weight is 433 g/mol. The highest BCUT2D eigenvalue weighted by Crippen LogP contribution is 2.39. The molecule has 0 fully saturated rings. The number of hydrogen-bond acceptors (Lipinski definition) is 5. The number of nitrogens with zero attached hydrogens (tertiary/aromatic N) is 1. The van der Waals surface area contributed by atoms with Crippen LogP contribution in [-0.4, -0.2) is 40.3 Å². The Bertz CT molecular complexity index is 1070. The number of fused-ring (bicyclic) bond motifs is 1. The predicted molar refractivity (Wildman–Crippen MR) is 118 cm³/mol. The summed E-state index contributed by atoms with van der Waals surface area (Å²) in [4.78, 5) is 12.9. The van der Waals surface area contributed by atoms with E-state index in [0.29, 0.717) is 22.9 Å². The minimum Gasteiger partial charge on any atom is -0.495 e. The monoisotopic (exact) mass is 432 g/mol. The predicted octanol–water partition coefficient (Wildman–Crippen LogP) is 3.47. The number of rotatable bonds is 4. The van der Waals surface area contributed by atoms with Gasteiger partial charge in [0.2, 0.25) is 10.0 Å². The number of carbonyl (C=O) groups is 1. The molecule has 30 heavy (non-hydrogen) atoms. The van der Waals surface area contributed by atoms with E-state index >= 15 is 0 Å². The molecular formula is C22H28N2O5S. The molecule has 1 aliphatic rings. The van der Waals surface area contributed by atoms with Crippen LogP contribution in [0.3, 0.4) is 0 Å². The van der Waals surface area contributed by atoms with Gasteiger partial charge in [-0.2, -0.15) is 0 Å². The Hall–Kier alpha value is -2.74. The Kier molecular flexibility index (Phi) is 5.73. The number of benzene rings is 2. The molecule has 2 aromatic rings. The van der Waals surface area contributed by atoms with Crippen molar-refractivity contribution in [1.82, 2.24) is 0 Å². The number of hydrogen-bond donors (Lipinski definition) is 1. The number of methoxy groups -OCH3 is 1. The molecule has 0 unspecified atom stereocenters. The van der Waals surface area contributed by atoms with E-state index in [0.717, 1.165) is 17.4 Å². The van der Waals surface area contributed by atoms with Crippen LogP contribution in [0.15, 0.2) is 36.4 Å². The maximum Gasteiger partial charge on any atom is 0.267 e. The quantitative estimate of drug-likeness (QED) is 0.800. The van der Waals surface area contributed by atoms with Crippen LogP contribution >= 0.6 is 0 Å². The van der Waals surface area contributed by atoms with E-state index in [1.54, 1.807) is 18.2 Å². The Morgan fingerprint density at radius 3 is 2.50 bits per heavy atom. The summed E-state index contributed by atoms with van der Waals surface area (Å²) in [6, 6.07) is 10.9. The molecule has 7 nitrogen and oxygen atoms in total. The molecule has 2 aromatic carbocycles. The van der Waals surface area contributed by atoms with Gasteiger partial charge in [0.15, 0.2) is 6.10 Å². The van der Waals surface area contributed by atoms with E-state index in [2.05, 4.69) is 26.1 Å². The third-order valence-corrected chi connectivity index (χ3v) is 6.15. The van der Waals surface area contributed by atoms with Crippen LogP contribution in [0.4, 0.5) is 11.4 Å². The number of anilines is 2. The first-order valence-corrected chi connectivity index (χ1v) is 11.5. The van der Waals surface area contributed by atoms with Crippen LogP contribution < -0.4 is 19.1 Å². The number of nitrogens with one attached hydrogen (secondary N) is 1. The number of amides is 1. The molecule has 3 rings (SSSR count). The lowest BCUT2D eigenvalue weighted by molar-refractivity contribution is -0.122. The van der Waals surface area contributed by atoms with E-state index in [9.17, 15) is 13.2 Å². The van der Waals surface area contributed by atoms with E-state index in [1.807, 2.05) is 25.1 Å². The Morgan fingerprint density at radius 2 is 1.90 bits per heavy atom. The molecule has 0 saturated heterocycles. The highest BCUT2D eigenvalue weighted by molar-refractivity contribution is 7.92. The van der Waals surface area contributed by atoms with Crippen molar-refractivity contribution in [1.29, 1.82) is 0 Å². The molecule has 0 aromatic heterocycles. The SMILES string of the molecule is COc1ccc(C)cc1NC(=O)[C@H]1CN(S(C)(=O)=O)c2cc(C(C)(C)C)ccc2O1. The third kappa shape index (κ3) is 4.53. The third-order valence-electron chi connectivity index (χ3n) is 5.00. The van der Waals surface area contributed by atoms with Gasteiger partial charge in [0, 0.05) is 0 Å². The smallest absolute Gasteiger partial charge is 0.267 e. The maximum absolute atomic E-state index is 12.9. The lowest BCUT2D eigenvalue weighted by atomic mass is 9.86. The van der Waals surface area contributed by atoms with Gasteiger partial charge in [-0.3, -0.25) is 9.10 Å². The minimum atomic E-state index is -3.61. The van der Waals surface area contributed by atoms with Crippen molar-refractivity contribution in [2.24, 2.45) is 0 Å². The normalized spacial score (nSPS) is 16.5. The van der Waals surface area contributed by atoms with Gasteiger partial charge in [0.05, 0.1) is 31.3 Å². The molecule has 1 heterocycles. The molecule has 1 atom stereocenters. The van der Waals surface area contributed by atoms with Crippen molar-refractivity contribution >= 4 is 27.3 Å². The van der Waals surface area contributed by atoms with Crippen LogP contribution in [0.5, 0.6) is 11.5 Å². The Balaban J connectivity index is 1.94. The zero-order chi connectivity index (χ0) is 22.3. The fourth-order valence-corrected chi connectivity index (χ4v) is 4.21. The van der Waals surface area contributed by atoms with Crippen LogP contribution in [0.2, 0.25) is 0 Å². The van der Waals surface area contributed by atoms with Crippen molar-refractivity contribution in [2.45, 2.75) is 39.2 Å². The summed E-state index contributed by atoms with van der Waals surface area (Å²) < 4.78 is 37.4. The minimum absolute atomic E-state index is 0.112. The maximum atomic E-state index is 12.9. The van der Waals surface area contributed by atoms with Crippen molar-refractivity contribution in [3.63, 3.8) is 0 Å². The van der Waals surface area contributed by atoms with E-state index < -0.39 is 22.0 Å². The zero-order valence-corrected chi connectivity index (χ0v) is 19.0. The second-order valence-corrected chi connectivity index (χ2v) is 10.4. The highest BCUT2D eigenvalue weighted by Gasteiger charge is 2.36. The van der Waals surface area contributed by atoms with Gasteiger partial charge < -0.3 is 14.8 Å². The molecule has 0 bridgehead atoms. The van der Waals surface area contributed by atoms with Gasteiger partial charge in [-0.05, 0) is 47.7 Å². The summed E-state index contributed by atoms with van der Waals surface area (Å²) in [7, 11) is -2.09. The summed E-state index contributed by atoms with van der Waals surface area (Å²) >= 11 is 0. The first-order valence-electron chi connectivity index (χ1n) is 9.64. The Labute approximate surface area is 178 Å². The van der Waals surface area contributed by atoms with Gasteiger partial charge in [-0.25, -0.2) is 8.42 Å². The summed E-state index contributed by atoms with van der Waals surface area (Å²) in [5.74, 6) is 0.425. The highest BCUT2D eigenvalue weighted by atomic mass is 32.2. The van der Waals surface area contributed by atoms with Gasteiger partial charge in [0.1, 0.15) is 11.5 Å². The Morgan fingerprint density at radius 1 is 1.20 bits per heavy atom. The van der Waals surface area contributed by atoms with Crippen LogP contribution in [-0.2, 0) is 20.2 Å². The molecular weight excluding hydrogens is 404 g/mol. The van der Waals surface area contributed by atoms with Crippen molar-refractivity contribution < 1.29 is 22.7 Å². The fourth-order valence-electron chi connectivity index (χ4n) is 3.30. The molecule has 0 aliphatic carbocycles. The molecule has 1 aliphatic heterocycles. The molecule has 8 heteroatoms. The number of ether oxygens (including phenoxy) is 2. The number of sulfonamides is 1. The van der Waals surface area contributed by atoms with Gasteiger partial charge in [0.25, 0.3) is 5.91 Å². The summed E-state index contributed by atoms with van der Waals surface area (Å²) in [5, 5.41) is 2.80. The van der Waals surface area contributed by atoms with Crippen molar-refractivity contribution in [2.75, 3.05) is 29.5 Å². The number of carbonyl (C=O) groups excluding carboxylic acids is 1. The van der Waals surface area contributed by atoms with Crippen molar-refractivity contribution in [3.05, 3.63) is 47.5 Å². The van der Waals surface area contributed by atoms with Crippen LogP contribution in [0.25, 0.3) is 0 Å². The number of aryl methyl sites for hydroxylation is 1. The van der Waals surface area contributed by atoms with Crippen LogP contribution in [0.1, 0.15) is 31.9 Å². The summed E-state index contributed by atoms with van der Waals surface area (Å²) in [6.45, 7) is 7.94. The van der Waals surface area contributed by atoms with Gasteiger partial charge >= 0.3 is 0 Å².